The first-order valence-corrected chi connectivity index (χ1v) is 10.2. The molecule has 2 heterocycles. The minimum Gasteiger partial charge on any atom is -0.497 e. The van der Waals surface area contributed by atoms with Gasteiger partial charge in [0.15, 0.2) is 0 Å². The summed E-state index contributed by atoms with van der Waals surface area (Å²) in [7, 11) is 1.59. The number of hydrogen-bond acceptors (Lipinski definition) is 7. The lowest BCUT2D eigenvalue weighted by atomic mass is 10.1. The molecule has 4 rings (SSSR count). The Labute approximate surface area is 175 Å². The summed E-state index contributed by atoms with van der Waals surface area (Å²) < 4.78 is 12.4. The molecular formula is C22H19N3O4S. The summed E-state index contributed by atoms with van der Waals surface area (Å²) in [6.07, 6.45) is 2.02. The molecule has 0 aliphatic rings. The highest BCUT2D eigenvalue weighted by molar-refractivity contribution is 7.15. The molecule has 0 N–H and O–H groups in total. The summed E-state index contributed by atoms with van der Waals surface area (Å²) in [4.78, 5) is 29.7. The zero-order chi connectivity index (χ0) is 21.1. The summed E-state index contributed by atoms with van der Waals surface area (Å²) >= 11 is 1.13. The Morgan fingerprint density at radius 2 is 1.87 bits per heavy atom. The number of hydrogen-bond donors (Lipinski definition) is 0. The Morgan fingerprint density at radius 3 is 2.60 bits per heavy atom. The van der Waals surface area contributed by atoms with Crippen LogP contribution >= 0.6 is 11.3 Å². The number of methoxy groups -OCH3 is 1. The Balaban J connectivity index is 1.76. The molecule has 0 bridgehead atoms. The Morgan fingerprint density at radius 1 is 1.10 bits per heavy atom. The predicted molar refractivity (Wildman–Crippen MR) is 116 cm³/mol. The maximum absolute atomic E-state index is 12.9. The van der Waals surface area contributed by atoms with Crippen molar-refractivity contribution in [3.63, 3.8) is 0 Å². The van der Waals surface area contributed by atoms with Crippen molar-refractivity contribution in [3.8, 4) is 11.5 Å². The molecule has 0 aliphatic carbocycles. The standard InChI is InChI=1S/C22H19N3O4S/c1-3-29-18-7-5-4-6-15(18)13-19-21(27)25-22(30-19)23-20(26)17(24-25)12-14-8-10-16(28-2)11-9-14/h4-11,13H,3,12H2,1-2H3/b19-13+. The fourth-order valence-electron chi connectivity index (χ4n) is 3.02. The van der Waals surface area contributed by atoms with Gasteiger partial charge in [-0.05, 0) is 36.8 Å². The summed E-state index contributed by atoms with van der Waals surface area (Å²) in [5, 5.41) is 4.29. The normalized spacial score (nSPS) is 11.7. The Hall–Kier alpha value is -3.52. The zero-order valence-corrected chi connectivity index (χ0v) is 17.3. The number of ether oxygens (including phenoxy) is 2. The molecule has 152 valence electrons. The van der Waals surface area contributed by atoms with E-state index in [-0.39, 0.29) is 22.6 Å². The third-order valence-electron chi connectivity index (χ3n) is 4.49. The van der Waals surface area contributed by atoms with Crippen molar-refractivity contribution in [1.82, 2.24) is 14.6 Å². The molecule has 7 nitrogen and oxygen atoms in total. The van der Waals surface area contributed by atoms with Gasteiger partial charge < -0.3 is 9.47 Å². The van der Waals surface area contributed by atoms with Crippen molar-refractivity contribution in [1.29, 1.82) is 0 Å². The molecule has 0 radical (unpaired) electrons. The van der Waals surface area contributed by atoms with Crippen LogP contribution in [0.25, 0.3) is 11.0 Å². The number of rotatable bonds is 6. The van der Waals surface area contributed by atoms with E-state index in [9.17, 15) is 9.59 Å². The predicted octanol–water partition coefficient (Wildman–Crippen LogP) is 2.06. The topological polar surface area (TPSA) is 82.8 Å². The van der Waals surface area contributed by atoms with Crippen molar-refractivity contribution in [2.45, 2.75) is 13.3 Å². The first kappa shape index (κ1) is 19.8. The molecule has 8 heteroatoms. The van der Waals surface area contributed by atoms with E-state index in [1.807, 2.05) is 55.5 Å². The van der Waals surface area contributed by atoms with Gasteiger partial charge in [0.05, 0.1) is 18.2 Å². The van der Waals surface area contributed by atoms with Gasteiger partial charge in [0.1, 0.15) is 17.2 Å². The average Bonchev–Trinajstić information content (AvgIpc) is 3.05. The minimum absolute atomic E-state index is 0.217. The van der Waals surface area contributed by atoms with Gasteiger partial charge in [0.2, 0.25) is 4.96 Å². The van der Waals surface area contributed by atoms with Gasteiger partial charge in [-0.3, -0.25) is 9.59 Å². The van der Waals surface area contributed by atoms with E-state index in [0.717, 1.165) is 28.2 Å². The van der Waals surface area contributed by atoms with E-state index < -0.39 is 5.56 Å². The van der Waals surface area contributed by atoms with Crippen LogP contribution in [0.4, 0.5) is 0 Å². The number of fused-ring (bicyclic) bond motifs is 1. The van der Waals surface area contributed by atoms with Crippen LogP contribution in [0.2, 0.25) is 0 Å². The van der Waals surface area contributed by atoms with Crippen LogP contribution in [0.1, 0.15) is 23.7 Å². The fourth-order valence-corrected chi connectivity index (χ4v) is 3.91. The maximum Gasteiger partial charge on any atom is 0.296 e. The number of aromatic nitrogens is 3. The first-order chi connectivity index (χ1) is 14.6. The molecule has 0 saturated heterocycles. The monoisotopic (exact) mass is 421 g/mol. The summed E-state index contributed by atoms with van der Waals surface area (Å²) in [6, 6.07) is 14.8. The second-order valence-electron chi connectivity index (χ2n) is 6.47. The van der Waals surface area contributed by atoms with Crippen molar-refractivity contribution in [2.75, 3.05) is 13.7 Å². The van der Waals surface area contributed by atoms with Gasteiger partial charge >= 0.3 is 0 Å². The van der Waals surface area contributed by atoms with E-state index in [2.05, 4.69) is 10.1 Å². The van der Waals surface area contributed by atoms with Crippen molar-refractivity contribution in [3.05, 3.63) is 90.6 Å². The number of nitrogens with zero attached hydrogens (tertiary/aromatic N) is 3. The van der Waals surface area contributed by atoms with Gasteiger partial charge in [-0.1, -0.05) is 41.7 Å². The van der Waals surface area contributed by atoms with Crippen LogP contribution in [-0.4, -0.2) is 28.3 Å². The van der Waals surface area contributed by atoms with Crippen molar-refractivity contribution >= 4 is 22.4 Å². The lowest BCUT2D eigenvalue weighted by molar-refractivity contribution is 0.339. The van der Waals surface area contributed by atoms with Crippen molar-refractivity contribution in [2.24, 2.45) is 0 Å². The molecule has 0 amide bonds. The highest BCUT2D eigenvalue weighted by atomic mass is 32.1. The largest absolute Gasteiger partial charge is 0.497 e. The van der Waals surface area contributed by atoms with Crippen LogP contribution in [0.15, 0.2) is 58.1 Å². The van der Waals surface area contributed by atoms with E-state index in [0.29, 0.717) is 16.9 Å². The third-order valence-corrected chi connectivity index (χ3v) is 5.45. The van der Waals surface area contributed by atoms with Gasteiger partial charge in [0.25, 0.3) is 11.1 Å². The third kappa shape index (κ3) is 3.95. The highest BCUT2D eigenvalue weighted by Gasteiger charge is 2.12. The second-order valence-corrected chi connectivity index (χ2v) is 7.48. The van der Waals surface area contributed by atoms with Crippen LogP contribution < -0.4 is 25.1 Å². The molecule has 0 saturated carbocycles. The van der Waals surface area contributed by atoms with E-state index in [1.165, 1.54) is 4.52 Å². The smallest absolute Gasteiger partial charge is 0.296 e. The SMILES string of the molecule is CCOc1ccccc1/C=c1/sc2nc(=O)c(Cc3ccc(OC)cc3)nn2c1=O. The van der Waals surface area contributed by atoms with Crippen LogP contribution in [0.3, 0.4) is 0 Å². The molecule has 0 spiro atoms. The molecule has 0 atom stereocenters. The highest BCUT2D eigenvalue weighted by Crippen LogP contribution is 2.18. The zero-order valence-electron chi connectivity index (χ0n) is 16.5. The fraction of sp³-hybridized carbons (Fsp3) is 0.182. The number of benzene rings is 2. The first-order valence-electron chi connectivity index (χ1n) is 9.38. The summed E-state index contributed by atoms with van der Waals surface area (Å²) in [6.45, 7) is 2.42. The van der Waals surface area contributed by atoms with E-state index in [1.54, 1.807) is 13.2 Å². The van der Waals surface area contributed by atoms with Gasteiger partial charge in [-0.2, -0.15) is 14.6 Å². The molecule has 30 heavy (non-hydrogen) atoms. The number of thiazole rings is 1. The molecule has 0 fully saturated rings. The second kappa shape index (κ2) is 8.46. The van der Waals surface area contributed by atoms with Crippen LogP contribution in [0.5, 0.6) is 11.5 Å². The quantitative estimate of drug-likeness (QED) is 0.474. The van der Waals surface area contributed by atoms with Gasteiger partial charge in [0, 0.05) is 12.0 Å². The lowest BCUT2D eigenvalue weighted by Crippen LogP contribution is -2.28. The average molecular weight is 421 g/mol. The summed E-state index contributed by atoms with van der Waals surface area (Å²) in [5.41, 5.74) is 1.12. The van der Waals surface area contributed by atoms with E-state index >= 15 is 0 Å². The molecule has 0 aliphatic heterocycles. The minimum atomic E-state index is -0.437. The summed E-state index contributed by atoms with van der Waals surface area (Å²) in [5.74, 6) is 1.41. The van der Waals surface area contributed by atoms with Gasteiger partial charge in [-0.25, -0.2) is 0 Å². The molecule has 2 aromatic carbocycles. The molecule has 0 unspecified atom stereocenters. The maximum atomic E-state index is 12.9. The molecule has 4 aromatic rings. The molecular weight excluding hydrogens is 402 g/mol. The number of para-hydroxylation sites is 1. The lowest BCUT2D eigenvalue weighted by Gasteiger charge is -2.05. The van der Waals surface area contributed by atoms with Crippen LogP contribution in [0, 0.1) is 0 Å². The van der Waals surface area contributed by atoms with Crippen molar-refractivity contribution < 1.29 is 9.47 Å². The van der Waals surface area contributed by atoms with Crippen LogP contribution in [-0.2, 0) is 6.42 Å². The Bertz CT molecular complexity index is 1360. The Kier molecular flexibility index (Phi) is 5.58. The van der Waals surface area contributed by atoms with E-state index in [4.69, 9.17) is 9.47 Å². The van der Waals surface area contributed by atoms with Gasteiger partial charge in [-0.15, -0.1) is 0 Å². The molecule has 2 aromatic heterocycles.